The van der Waals surface area contributed by atoms with Gasteiger partial charge in [0, 0.05) is 5.56 Å². The van der Waals surface area contributed by atoms with Crippen LogP contribution in [-0.4, -0.2) is 0 Å². The van der Waals surface area contributed by atoms with Crippen molar-refractivity contribution in [3.63, 3.8) is 0 Å². The molecule has 29 heavy (non-hydrogen) atoms. The Balaban J connectivity index is 1.37. The summed E-state index contributed by atoms with van der Waals surface area (Å²) in [6.07, 6.45) is 18.8. The van der Waals surface area contributed by atoms with Crippen LogP contribution in [0.2, 0.25) is 0 Å². The maximum atomic E-state index is 13.2. The fraction of sp³-hybridized carbons (Fsp3) is 0.615. The van der Waals surface area contributed by atoms with Crippen LogP contribution in [-0.2, 0) is 0 Å². The summed E-state index contributed by atoms with van der Waals surface area (Å²) in [4.78, 5) is 0. The van der Waals surface area contributed by atoms with Crippen LogP contribution in [0.15, 0.2) is 24.3 Å². The molecule has 0 aliphatic heterocycles. The quantitative estimate of drug-likeness (QED) is 0.348. The second-order valence-electron chi connectivity index (χ2n) is 9.04. The number of rotatable bonds is 5. The van der Waals surface area contributed by atoms with Gasteiger partial charge in [0.2, 0.25) is 0 Å². The zero-order chi connectivity index (χ0) is 20.6. The standard InChI is InChI=1S/C26H33F3/c1-2-19-7-9-21(10-8-19)15-16-22-13-11-20(12-14-22)5-3-4-6-23-17-24(27)26(29)25(28)18-23/h3,5,17-22H,2,7-16H2,1H3/b5-3+. The lowest BCUT2D eigenvalue weighted by Crippen LogP contribution is -2.17. The molecule has 0 atom stereocenters. The molecule has 158 valence electrons. The summed E-state index contributed by atoms with van der Waals surface area (Å²) in [6, 6.07) is 1.86. The fourth-order valence-corrected chi connectivity index (χ4v) is 5.01. The Hall–Kier alpha value is -1.69. The number of benzene rings is 1. The number of halogens is 3. The molecule has 0 amide bonds. The molecule has 3 rings (SSSR count). The molecule has 3 heteroatoms. The van der Waals surface area contributed by atoms with E-state index in [2.05, 4.69) is 24.8 Å². The van der Waals surface area contributed by atoms with Gasteiger partial charge in [-0.2, -0.15) is 0 Å². The lowest BCUT2D eigenvalue weighted by atomic mass is 9.75. The average molecular weight is 403 g/mol. The summed E-state index contributed by atoms with van der Waals surface area (Å²) < 4.78 is 39.3. The van der Waals surface area contributed by atoms with Gasteiger partial charge in [-0.1, -0.05) is 69.8 Å². The summed E-state index contributed by atoms with van der Waals surface area (Å²) in [5, 5.41) is 0. The lowest BCUT2D eigenvalue weighted by Gasteiger charge is -2.31. The van der Waals surface area contributed by atoms with Crippen LogP contribution < -0.4 is 0 Å². The highest BCUT2D eigenvalue weighted by Crippen LogP contribution is 2.37. The van der Waals surface area contributed by atoms with Crippen molar-refractivity contribution in [3.8, 4) is 11.8 Å². The second-order valence-corrected chi connectivity index (χ2v) is 9.04. The van der Waals surface area contributed by atoms with Crippen LogP contribution in [0.1, 0.15) is 83.1 Å². The molecule has 0 N–H and O–H groups in total. The Morgan fingerprint density at radius 1 is 0.828 bits per heavy atom. The van der Waals surface area contributed by atoms with Crippen molar-refractivity contribution in [3.05, 3.63) is 47.3 Å². The Morgan fingerprint density at radius 3 is 1.90 bits per heavy atom. The van der Waals surface area contributed by atoms with E-state index < -0.39 is 17.5 Å². The lowest BCUT2D eigenvalue weighted by molar-refractivity contribution is 0.224. The molecule has 2 aliphatic rings. The molecule has 0 radical (unpaired) electrons. The first kappa shape index (κ1) is 22.0. The van der Waals surface area contributed by atoms with Crippen molar-refractivity contribution >= 4 is 0 Å². The van der Waals surface area contributed by atoms with E-state index in [9.17, 15) is 13.2 Å². The molecule has 0 bridgehead atoms. The second kappa shape index (κ2) is 10.9. The summed E-state index contributed by atoms with van der Waals surface area (Å²) in [7, 11) is 0. The third-order valence-electron chi connectivity index (χ3n) is 7.07. The fourth-order valence-electron chi connectivity index (χ4n) is 5.01. The molecule has 0 heterocycles. The first-order valence-corrected chi connectivity index (χ1v) is 11.4. The van der Waals surface area contributed by atoms with Crippen LogP contribution in [0.5, 0.6) is 0 Å². The normalized spacial score (nSPS) is 27.6. The van der Waals surface area contributed by atoms with E-state index in [-0.39, 0.29) is 5.56 Å². The van der Waals surface area contributed by atoms with Gasteiger partial charge in [-0.25, -0.2) is 13.2 Å². The van der Waals surface area contributed by atoms with Crippen molar-refractivity contribution in [1.82, 2.24) is 0 Å². The van der Waals surface area contributed by atoms with Crippen molar-refractivity contribution in [2.24, 2.45) is 23.7 Å². The molecule has 1 aromatic carbocycles. The molecule has 0 saturated heterocycles. The molecule has 1 aromatic rings. The average Bonchev–Trinajstić information content (AvgIpc) is 2.74. The van der Waals surface area contributed by atoms with E-state index in [1.54, 1.807) is 6.08 Å². The van der Waals surface area contributed by atoms with E-state index >= 15 is 0 Å². The summed E-state index contributed by atoms with van der Waals surface area (Å²) >= 11 is 0. The predicted molar refractivity (Wildman–Crippen MR) is 113 cm³/mol. The third kappa shape index (κ3) is 6.66. The first-order valence-electron chi connectivity index (χ1n) is 11.4. The molecule has 2 fully saturated rings. The van der Waals surface area contributed by atoms with Crippen molar-refractivity contribution < 1.29 is 13.2 Å². The Labute approximate surface area is 174 Å². The molecular weight excluding hydrogens is 369 g/mol. The Morgan fingerprint density at radius 2 is 1.34 bits per heavy atom. The molecular formula is C26H33F3. The topological polar surface area (TPSA) is 0 Å². The van der Waals surface area contributed by atoms with E-state index in [4.69, 9.17) is 0 Å². The van der Waals surface area contributed by atoms with Crippen LogP contribution in [0.25, 0.3) is 0 Å². The van der Waals surface area contributed by atoms with Gasteiger partial charge in [0.1, 0.15) is 0 Å². The van der Waals surface area contributed by atoms with Gasteiger partial charge in [0.15, 0.2) is 17.5 Å². The number of allylic oxidation sites excluding steroid dienone is 2. The van der Waals surface area contributed by atoms with Gasteiger partial charge < -0.3 is 0 Å². The molecule has 0 nitrogen and oxygen atoms in total. The van der Waals surface area contributed by atoms with Crippen LogP contribution >= 0.6 is 0 Å². The summed E-state index contributed by atoms with van der Waals surface area (Å²) in [5.74, 6) is 5.03. The minimum absolute atomic E-state index is 0.155. The number of hydrogen-bond acceptors (Lipinski definition) is 0. The highest BCUT2D eigenvalue weighted by molar-refractivity contribution is 5.37. The van der Waals surface area contributed by atoms with Crippen molar-refractivity contribution in [2.75, 3.05) is 0 Å². The van der Waals surface area contributed by atoms with E-state index in [0.29, 0.717) is 5.92 Å². The molecule has 0 aromatic heterocycles. The number of hydrogen-bond donors (Lipinski definition) is 0. The zero-order valence-corrected chi connectivity index (χ0v) is 17.5. The van der Waals surface area contributed by atoms with Crippen molar-refractivity contribution in [1.29, 1.82) is 0 Å². The third-order valence-corrected chi connectivity index (χ3v) is 7.07. The minimum atomic E-state index is -1.45. The Bertz CT molecular complexity index is 716. The SMILES string of the molecule is CCC1CCC(CCC2CCC(/C=C/C#Cc3cc(F)c(F)c(F)c3)CC2)CC1. The highest BCUT2D eigenvalue weighted by atomic mass is 19.2. The molecule has 2 aliphatic carbocycles. The maximum Gasteiger partial charge on any atom is 0.194 e. The molecule has 2 saturated carbocycles. The van der Waals surface area contributed by atoms with Crippen LogP contribution in [0, 0.1) is 53.0 Å². The van der Waals surface area contributed by atoms with Crippen LogP contribution in [0.3, 0.4) is 0 Å². The van der Waals surface area contributed by atoms with Gasteiger partial charge in [-0.05, 0) is 67.6 Å². The van der Waals surface area contributed by atoms with E-state index in [0.717, 1.165) is 29.9 Å². The van der Waals surface area contributed by atoms with Gasteiger partial charge >= 0.3 is 0 Å². The van der Waals surface area contributed by atoms with E-state index in [1.165, 1.54) is 70.6 Å². The molecule has 0 spiro atoms. The predicted octanol–water partition coefficient (Wildman–Crippen LogP) is 7.81. The first-order chi connectivity index (χ1) is 14.0. The summed E-state index contributed by atoms with van der Waals surface area (Å²) in [5.41, 5.74) is 0.155. The van der Waals surface area contributed by atoms with Crippen molar-refractivity contribution in [2.45, 2.75) is 77.6 Å². The largest absolute Gasteiger partial charge is 0.204 e. The van der Waals surface area contributed by atoms with Gasteiger partial charge in [-0.15, -0.1) is 0 Å². The van der Waals surface area contributed by atoms with Gasteiger partial charge in [0.25, 0.3) is 0 Å². The molecule has 0 unspecified atom stereocenters. The summed E-state index contributed by atoms with van der Waals surface area (Å²) in [6.45, 7) is 2.33. The highest BCUT2D eigenvalue weighted by Gasteiger charge is 2.23. The maximum absolute atomic E-state index is 13.2. The minimum Gasteiger partial charge on any atom is -0.204 e. The van der Waals surface area contributed by atoms with E-state index in [1.807, 2.05) is 0 Å². The monoisotopic (exact) mass is 402 g/mol. The Kier molecular flexibility index (Phi) is 8.28. The van der Waals surface area contributed by atoms with Crippen LogP contribution in [0.4, 0.5) is 13.2 Å². The zero-order valence-electron chi connectivity index (χ0n) is 17.5. The smallest absolute Gasteiger partial charge is 0.194 e. The van der Waals surface area contributed by atoms with Gasteiger partial charge in [-0.3, -0.25) is 0 Å². The van der Waals surface area contributed by atoms with Gasteiger partial charge in [0.05, 0.1) is 0 Å².